The Morgan fingerprint density at radius 2 is 1.82 bits per heavy atom. The molecule has 5 rings (SSSR count). The fraction of sp³-hybridized carbons (Fsp3) is 0.115. The third-order valence-corrected chi connectivity index (χ3v) is 5.83. The van der Waals surface area contributed by atoms with Crippen molar-refractivity contribution in [2.45, 2.75) is 12.6 Å². The van der Waals surface area contributed by atoms with Crippen LogP contribution in [-0.4, -0.2) is 30.2 Å². The summed E-state index contributed by atoms with van der Waals surface area (Å²) in [6.45, 7) is 0.480. The van der Waals surface area contributed by atoms with E-state index in [0.717, 1.165) is 11.3 Å². The lowest BCUT2D eigenvalue weighted by molar-refractivity contribution is -0.125. The zero-order chi connectivity index (χ0) is 22.9. The number of nitrogen functional groups attached to an aromatic ring is 1. The maximum absolute atomic E-state index is 14.8. The Morgan fingerprint density at radius 1 is 1.06 bits per heavy atom. The molecule has 2 amide bonds. The minimum atomic E-state index is -1.19. The van der Waals surface area contributed by atoms with E-state index in [0.29, 0.717) is 35.5 Å². The van der Waals surface area contributed by atoms with Gasteiger partial charge in [-0.05, 0) is 41.8 Å². The van der Waals surface area contributed by atoms with E-state index in [2.05, 4.69) is 10.3 Å². The highest BCUT2D eigenvalue weighted by Gasteiger charge is 2.37. The zero-order valence-corrected chi connectivity index (χ0v) is 17.7. The predicted molar refractivity (Wildman–Crippen MR) is 126 cm³/mol. The number of amides is 2. The number of benzene rings is 3. The van der Waals surface area contributed by atoms with E-state index in [1.54, 1.807) is 47.4 Å². The van der Waals surface area contributed by atoms with Crippen LogP contribution in [0.5, 0.6) is 0 Å². The second-order valence-corrected chi connectivity index (χ2v) is 7.88. The molecule has 3 aromatic rings. The molecule has 0 aromatic heterocycles. The maximum Gasteiger partial charge on any atom is 0.272 e. The van der Waals surface area contributed by atoms with Crippen LogP contribution in [0.4, 0.5) is 15.8 Å². The molecule has 0 spiro atoms. The van der Waals surface area contributed by atoms with Crippen LogP contribution in [0.25, 0.3) is 6.08 Å². The Kier molecular flexibility index (Phi) is 5.22. The molecule has 164 valence electrons. The summed E-state index contributed by atoms with van der Waals surface area (Å²) in [6, 6.07) is 19.1. The van der Waals surface area contributed by atoms with E-state index in [1.165, 1.54) is 12.1 Å². The standard InChI is InChI=1S/C26H21FN4O2/c27-20-10-3-2-8-18(20)23-19-9-5-7-17-14-15-31(24(17)19)26(33)25(30-23)29-22(32)13-12-16-6-1-4-11-21(16)28/h1-13,25H,14-15,28H2,(H,29,32)/b13-12+. The maximum atomic E-state index is 14.8. The number of para-hydroxylation sites is 2. The van der Waals surface area contributed by atoms with Gasteiger partial charge in [0.05, 0.1) is 11.4 Å². The van der Waals surface area contributed by atoms with Gasteiger partial charge in [-0.2, -0.15) is 0 Å². The smallest absolute Gasteiger partial charge is 0.272 e. The first-order chi connectivity index (χ1) is 16.0. The highest BCUT2D eigenvalue weighted by atomic mass is 19.1. The van der Waals surface area contributed by atoms with Crippen molar-refractivity contribution in [2.24, 2.45) is 4.99 Å². The van der Waals surface area contributed by atoms with Crippen LogP contribution in [0.15, 0.2) is 77.8 Å². The second kappa shape index (κ2) is 8.35. The van der Waals surface area contributed by atoms with Gasteiger partial charge in [-0.1, -0.05) is 48.5 Å². The highest BCUT2D eigenvalue weighted by molar-refractivity contribution is 6.21. The van der Waals surface area contributed by atoms with Gasteiger partial charge in [-0.3, -0.25) is 9.59 Å². The van der Waals surface area contributed by atoms with Crippen LogP contribution in [0.2, 0.25) is 0 Å². The Hall–Kier alpha value is -4.26. The Balaban J connectivity index is 1.54. The molecule has 3 N–H and O–H groups in total. The summed E-state index contributed by atoms with van der Waals surface area (Å²) in [6.07, 6.45) is 2.39. The average molecular weight is 440 g/mol. The molecule has 1 unspecified atom stereocenters. The van der Waals surface area contributed by atoms with Gasteiger partial charge in [0.15, 0.2) is 0 Å². The van der Waals surface area contributed by atoms with Crippen LogP contribution in [-0.2, 0) is 16.0 Å². The van der Waals surface area contributed by atoms with Crippen molar-refractivity contribution in [1.82, 2.24) is 5.32 Å². The normalized spacial score (nSPS) is 17.0. The van der Waals surface area contributed by atoms with Crippen molar-refractivity contribution in [3.05, 3.63) is 101 Å². The van der Waals surface area contributed by atoms with E-state index in [-0.39, 0.29) is 11.5 Å². The van der Waals surface area contributed by atoms with E-state index >= 15 is 0 Å². The topological polar surface area (TPSA) is 87.8 Å². The molecule has 2 aliphatic heterocycles. The fourth-order valence-electron chi connectivity index (χ4n) is 4.24. The number of aliphatic imine (C=N–C) groups is 1. The number of hydrogen-bond donors (Lipinski definition) is 2. The van der Waals surface area contributed by atoms with Crippen molar-refractivity contribution in [3.63, 3.8) is 0 Å². The summed E-state index contributed by atoms with van der Waals surface area (Å²) in [7, 11) is 0. The molecule has 6 nitrogen and oxygen atoms in total. The summed E-state index contributed by atoms with van der Waals surface area (Å²) in [5.74, 6) is -1.30. The SMILES string of the molecule is Nc1ccccc1/C=C/C(=O)NC1N=C(c2ccccc2F)c2cccc3c2N(CC3)C1=O. The predicted octanol–water partition coefficient (Wildman–Crippen LogP) is 3.30. The number of halogens is 1. The summed E-state index contributed by atoms with van der Waals surface area (Å²) in [5, 5.41) is 2.67. The van der Waals surface area contributed by atoms with Crippen molar-refractivity contribution in [3.8, 4) is 0 Å². The summed E-state index contributed by atoms with van der Waals surface area (Å²) in [4.78, 5) is 32.2. The number of hydrogen-bond acceptors (Lipinski definition) is 4. The first kappa shape index (κ1) is 20.6. The number of carbonyl (C=O) groups excluding carboxylic acids is 2. The average Bonchev–Trinajstić information content (AvgIpc) is 3.21. The van der Waals surface area contributed by atoms with E-state index in [9.17, 15) is 14.0 Å². The molecule has 0 bridgehead atoms. The number of nitrogens with zero attached hydrogens (tertiary/aromatic N) is 2. The van der Waals surface area contributed by atoms with Gasteiger partial charge in [0.25, 0.3) is 5.91 Å². The Bertz CT molecular complexity index is 1330. The lowest BCUT2D eigenvalue weighted by atomic mass is 9.98. The highest BCUT2D eigenvalue weighted by Crippen LogP contribution is 2.36. The Labute approximate surface area is 190 Å². The third kappa shape index (κ3) is 3.78. The molecule has 0 aliphatic carbocycles. The lowest BCUT2D eigenvalue weighted by Crippen LogP contribution is -2.46. The number of anilines is 2. The third-order valence-electron chi connectivity index (χ3n) is 5.83. The summed E-state index contributed by atoms with van der Waals surface area (Å²) < 4.78 is 14.8. The number of nitrogens with two attached hydrogens (primary N) is 1. The van der Waals surface area contributed by atoms with E-state index in [1.807, 2.05) is 24.3 Å². The van der Waals surface area contributed by atoms with Crippen LogP contribution < -0.4 is 16.0 Å². The van der Waals surface area contributed by atoms with Crippen molar-refractivity contribution in [2.75, 3.05) is 17.2 Å². The van der Waals surface area contributed by atoms with Crippen molar-refractivity contribution in [1.29, 1.82) is 0 Å². The zero-order valence-electron chi connectivity index (χ0n) is 17.7. The van der Waals surface area contributed by atoms with E-state index < -0.39 is 17.9 Å². The van der Waals surface area contributed by atoms with Crippen LogP contribution >= 0.6 is 0 Å². The monoisotopic (exact) mass is 440 g/mol. The molecule has 0 radical (unpaired) electrons. The quantitative estimate of drug-likeness (QED) is 0.482. The minimum absolute atomic E-state index is 0.277. The number of nitrogens with one attached hydrogen (secondary N) is 1. The Morgan fingerprint density at radius 3 is 2.64 bits per heavy atom. The van der Waals surface area contributed by atoms with Gasteiger partial charge in [0.1, 0.15) is 5.82 Å². The van der Waals surface area contributed by atoms with Gasteiger partial charge in [-0.25, -0.2) is 9.38 Å². The van der Waals surface area contributed by atoms with Crippen molar-refractivity contribution < 1.29 is 14.0 Å². The number of rotatable bonds is 4. The molecule has 2 heterocycles. The molecular weight excluding hydrogens is 419 g/mol. The van der Waals surface area contributed by atoms with Crippen molar-refractivity contribution >= 4 is 35.0 Å². The van der Waals surface area contributed by atoms with Crippen LogP contribution in [0.1, 0.15) is 22.3 Å². The van der Waals surface area contributed by atoms with Gasteiger partial charge >= 0.3 is 0 Å². The van der Waals surface area contributed by atoms with Crippen LogP contribution in [0.3, 0.4) is 0 Å². The van der Waals surface area contributed by atoms with Crippen LogP contribution in [0, 0.1) is 5.82 Å². The minimum Gasteiger partial charge on any atom is -0.398 e. The second-order valence-electron chi connectivity index (χ2n) is 7.88. The molecule has 1 atom stereocenters. The first-order valence-corrected chi connectivity index (χ1v) is 10.6. The summed E-state index contributed by atoms with van der Waals surface area (Å²) in [5.41, 5.74) is 10.2. The molecule has 2 aliphatic rings. The fourth-order valence-corrected chi connectivity index (χ4v) is 4.24. The van der Waals surface area contributed by atoms with Gasteiger partial charge in [0, 0.05) is 29.4 Å². The molecule has 0 saturated heterocycles. The number of carbonyl (C=O) groups is 2. The first-order valence-electron chi connectivity index (χ1n) is 10.6. The molecule has 7 heteroatoms. The van der Waals surface area contributed by atoms with Gasteiger partial charge in [0.2, 0.25) is 12.1 Å². The van der Waals surface area contributed by atoms with Gasteiger partial charge < -0.3 is 16.0 Å². The lowest BCUT2D eigenvalue weighted by Gasteiger charge is -2.20. The summed E-state index contributed by atoms with van der Waals surface area (Å²) >= 11 is 0. The molecule has 0 fully saturated rings. The molecule has 3 aromatic carbocycles. The van der Waals surface area contributed by atoms with E-state index in [4.69, 9.17) is 5.73 Å². The largest absolute Gasteiger partial charge is 0.398 e. The molecule has 0 saturated carbocycles. The molecular formula is C26H21FN4O2. The van der Waals surface area contributed by atoms with Gasteiger partial charge in [-0.15, -0.1) is 0 Å². The molecule has 33 heavy (non-hydrogen) atoms.